The molecule has 4 rings (SSSR count). The number of carbonyl (C=O) groups excluding carboxylic acids is 2. The van der Waals surface area contributed by atoms with Crippen LogP contribution >= 0.6 is 0 Å². The molecule has 1 aliphatic rings. The van der Waals surface area contributed by atoms with Crippen LogP contribution in [-0.4, -0.2) is 46.1 Å². The number of furan rings is 1. The summed E-state index contributed by atoms with van der Waals surface area (Å²) in [4.78, 5) is 26.6. The zero-order chi connectivity index (χ0) is 21.6. The van der Waals surface area contributed by atoms with Crippen molar-refractivity contribution >= 4 is 11.8 Å². The van der Waals surface area contributed by atoms with Crippen LogP contribution < -0.4 is 5.32 Å². The maximum atomic E-state index is 12.5. The number of hydrogen-bond donors (Lipinski definition) is 1. The Labute approximate surface area is 182 Å². The first kappa shape index (κ1) is 20.9. The largest absolute Gasteiger partial charge is 0.459 e. The average Bonchev–Trinajstić information content (AvgIpc) is 3.47. The number of likely N-dealkylation sites (tertiary alicyclic amines) is 1. The number of piperidine rings is 1. The van der Waals surface area contributed by atoms with Crippen LogP contribution in [0, 0.1) is 12.8 Å². The van der Waals surface area contributed by atoms with Crippen LogP contribution in [0.1, 0.15) is 41.1 Å². The van der Waals surface area contributed by atoms with Crippen LogP contribution in [0.2, 0.25) is 0 Å². The molecule has 1 aromatic carbocycles. The van der Waals surface area contributed by atoms with Crippen molar-refractivity contribution in [2.75, 3.05) is 19.6 Å². The summed E-state index contributed by atoms with van der Waals surface area (Å²) in [6.45, 7) is 3.82. The van der Waals surface area contributed by atoms with Gasteiger partial charge in [0, 0.05) is 31.7 Å². The maximum absolute atomic E-state index is 12.5. The molecule has 2 aromatic heterocycles. The maximum Gasteiger partial charge on any atom is 0.289 e. The predicted octanol–water partition coefficient (Wildman–Crippen LogP) is 3.37. The van der Waals surface area contributed by atoms with Crippen molar-refractivity contribution in [2.45, 2.75) is 32.6 Å². The summed E-state index contributed by atoms with van der Waals surface area (Å²) >= 11 is 0. The number of aromatic nitrogens is 2. The number of hydrogen-bond acceptors (Lipinski definition) is 4. The van der Waals surface area contributed by atoms with Crippen molar-refractivity contribution in [1.82, 2.24) is 20.0 Å². The van der Waals surface area contributed by atoms with Gasteiger partial charge in [0.1, 0.15) is 0 Å². The Morgan fingerprint density at radius 3 is 2.61 bits per heavy atom. The third kappa shape index (κ3) is 5.05. The Bertz CT molecular complexity index is 1000. The fourth-order valence-electron chi connectivity index (χ4n) is 3.99. The van der Waals surface area contributed by atoms with Crippen molar-refractivity contribution in [3.05, 3.63) is 71.9 Å². The molecule has 0 spiro atoms. The number of carbonyl (C=O) groups is 2. The molecule has 162 valence electrons. The normalized spacial score (nSPS) is 14.5. The highest BCUT2D eigenvalue weighted by atomic mass is 16.3. The van der Waals surface area contributed by atoms with Gasteiger partial charge in [0.15, 0.2) is 5.76 Å². The topological polar surface area (TPSA) is 80.4 Å². The fraction of sp³-hybridized carbons (Fsp3) is 0.375. The lowest BCUT2D eigenvalue weighted by atomic mass is 9.95. The molecule has 0 bridgehead atoms. The van der Waals surface area contributed by atoms with Gasteiger partial charge in [-0.05, 0) is 62.4 Å². The van der Waals surface area contributed by atoms with Gasteiger partial charge in [-0.25, -0.2) is 4.68 Å². The molecule has 1 aliphatic heterocycles. The zero-order valence-corrected chi connectivity index (χ0v) is 17.8. The van der Waals surface area contributed by atoms with E-state index in [0.717, 1.165) is 24.2 Å². The number of rotatable bonds is 7. The summed E-state index contributed by atoms with van der Waals surface area (Å²) in [6.07, 6.45) is 6.67. The smallest absolute Gasteiger partial charge is 0.289 e. The van der Waals surface area contributed by atoms with E-state index in [1.165, 1.54) is 11.8 Å². The lowest BCUT2D eigenvalue weighted by molar-refractivity contribution is -0.126. The molecule has 0 saturated carbocycles. The van der Waals surface area contributed by atoms with Crippen molar-refractivity contribution < 1.29 is 14.0 Å². The van der Waals surface area contributed by atoms with E-state index in [9.17, 15) is 9.59 Å². The molecule has 3 aromatic rings. The molecule has 0 unspecified atom stereocenters. The van der Waals surface area contributed by atoms with E-state index >= 15 is 0 Å². The molecule has 0 aliphatic carbocycles. The highest BCUT2D eigenvalue weighted by Crippen LogP contribution is 2.20. The van der Waals surface area contributed by atoms with Crippen molar-refractivity contribution in [1.29, 1.82) is 0 Å². The van der Waals surface area contributed by atoms with Crippen LogP contribution in [0.3, 0.4) is 0 Å². The van der Waals surface area contributed by atoms with Crippen LogP contribution in [0.4, 0.5) is 0 Å². The SMILES string of the molecule is Cc1nn(-c2ccccc2)cc1CCCNC(=O)C1CCN(C(=O)c2ccco2)CC1. The molecule has 2 amide bonds. The predicted molar refractivity (Wildman–Crippen MR) is 117 cm³/mol. The molecule has 0 atom stereocenters. The highest BCUT2D eigenvalue weighted by molar-refractivity contribution is 5.91. The molecule has 1 fully saturated rings. The second-order valence-electron chi connectivity index (χ2n) is 7.96. The zero-order valence-electron chi connectivity index (χ0n) is 17.8. The van der Waals surface area contributed by atoms with Crippen LogP contribution in [0.5, 0.6) is 0 Å². The first-order valence-electron chi connectivity index (χ1n) is 10.8. The second kappa shape index (κ2) is 9.64. The van der Waals surface area contributed by atoms with Gasteiger partial charge in [-0.15, -0.1) is 0 Å². The lowest BCUT2D eigenvalue weighted by Crippen LogP contribution is -2.43. The van der Waals surface area contributed by atoms with E-state index in [2.05, 4.69) is 16.6 Å². The fourth-order valence-corrected chi connectivity index (χ4v) is 3.99. The van der Waals surface area contributed by atoms with Gasteiger partial charge in [-0.3, -0.25) is 9.59 Å². The van der Waals surface area contributed by atoms with Crippen molar-refractivity contribution in [3.63, 3.8) is 0 Å². The third-order valence-corrected chi connectivity index (χ3v) is 5.83. The van der Waals surface area contributed by atoms with E-state index in [1.807, 2.05) is 41.9 Å². The summed E-state index contributed by atoms with van der Waals surface area (Å²) in [5.74, 6) is 0.300. The molecule has 7 nitrogen and oxygen atoms in total. The Kier molecular flexibility index (Phi) is 6.50. The molecule has 7 heteroatoms. The summed E-state index contributed by atoms with van der Waals surface area (Å²) in [5, 5.41) is 7.66. The van der Waals surface area contributed by atoms with Crippen molar-refractivity contribution in [2.24, 2.45) is 5.92 Å². The van der Waals surface area contributed by atoms with Crippen LogP contribution in [0.25, 0.3) is 5.69 Å². The Morgan fingerprint density at radius 1 is 1.13 bits per heavy atom. The molecule has 1 N–H and O–H groups in total. The second-order valence-corrected chi connectivity index (χ2v) is 7.96. The lowest BCUT2D eigenvalue weighted by Gasteiger charge is -2.30. The van der Waals surface area contributed by atoms with Crippen LogP contribution in [0.15, 0.2) is 59.3 Å². The minimum absolute atomic E-state index is 0.0387. The van der Waals surface area contributed by atoms with E-state index in [1.54, 1.807) is 17.0 Å². The minimum atomic E-state index is -0.102. The van der Waals surface area contributed by atoms with E-state index < -0.39 is 0 Å². The quantitative estimate of drug-likeness (QED) is 0.594. The number of para-hydroxylation sites is 1. The first-order chi connectivity index (χ1) is 15.1. The van der Waals surface area contributed by atoms with Gasteiger partial charge in [-0.1, -0.05) is 18.2 Å². The number of amides is 2. The van der Waals surface area contributed by atoms with Crippen LogP contribution in [-0.2, 0) is 11.2 Å². The van der Waals surface area contributed by atoms with Gasteiger partial charge in [0.2, 0.25) is 5.91 Å². The monoisotopic (exact) mass is 420 g/mol. The molecule has 31 heavy (non-hydrogen) atoms. The number of nitrogens with zero attached hydrogens (tertiary/aromatic N) is 3. The van der Waals surface area contributed by atoms with E-state index in [-0.39, 0.29) is 17.7 Å². The standard InChI is InChI=1S/C24H28N4O3/c1-18-20(17-28(26-18)21-8-3-2-4-9-21)7-5-13-25-23(29)19-11-14-27(15-12-19)24(30)22-10-6-16-31-22/h2-4,6,8-10,16-17,19H,5,7,11-15H2,1H3,(H,25,29). The third-order valence-electron chi connectivity index (χ3n) is 5.83. The summed E-state index contributed by atoms with van der Waals surface area (Å²) in [7, 11) is 0. The molecule has 1 saturated heterocycles. The number of benzene rings is 1. The number of aryl methyl sites for hydroxylation is 2. The summed E-state index contributed by atoms with van der Waals surface area (Å²) < 4.78 is 7.09. The molecular formula is C24H28N4O3. The highest BCUT2D eigenvalue weighted by Gasteiger charge is 2.28. The van der Waals surface area contributed by atoms with Crippen molar-refractivity contribution in [3.8, 4) is 5.69 Å². The van der Waals surface area contributed by atoms with E-state index in [4.69, 9.17) is 4.42 Å². The Morgan fingerprint density at radius 2 is 1.90 bits per heavy atom. The van der Waals surface area contributed by atoms with Gasteiger partial charge in [-0.2, -0.15) is 5.10 Å². The Balaban J connectivity index is 1.19. The van der Waals surface area contributed by atoms with Gasteiger partial charge < -0.3 is 14.6 Å². The van der Waals surface area contributed by atoms with Gasteiger partial charge in [0.05, 0.1) is 17.6 Å². The van der Waals surface area contributed by atoms with Gasteiger partial charge in [0.25, 0.3) is 5.91 Å². The minimum Gasteiger partial charge on any atom is -0.459 e. The van der Waals surface area contributed by atoms with E-state index in [0.29, 0.717) is 38.2 Å². The Hall–Kier alpha value is -3.35. The molecular weight excluding hydrogens is 392 g/mol. The number of nitrogens with one attached hydrogen (secondary N) is 1. The molecule has 0 radical (unpaired) electrons. The van der Waals surface area contributed by atoms with Gasteiger partial charge >= 0.3 is 0 Å². The average molecular weight is 421 g/mol. The first-order valence-corrected chi connectivity index (χ1v) is 10.8. The summed E-state index contributed by atoms with van der Waals surface area (Å²) in [5.41, 5.74) is 3.26. The molecule has 3 heterocycles. The summed E-state index contributed by atoms with van der Waals surface area (Å²) in [6, 6.07) is 13.4.